The summed E-state index contributed by atoms with van der Waals surface area (Å²) in [5.74, 6) is -0.674. The van der Waals surface area contributed by atoms with Gasteiger partial charge < -0.3 is 16.2 Å². The fourth-order valence-electron chi connectivity index (χ4n) is 1.35. The quantitative estimate of drug-likeness (QED) is 0.443. The van der Waals surface area contributed by atoms with Crippen LogP contribution in [0.3, 0.4) is 0 Å². The van der Waals surface area contributed by atoms with Crippen LogP contribution in [0.25, 0.3) is 0 Å². The number of aromatic hydroxyl groups is 1. The number of hydrogen-bond acceptors (Lipinski definition) is 5. The Labute approximate surface area is 116 Å². The second-order valence-electron chi connectivity index (χ2n) is 5.76. The lowest BCUT2D eigenvalue weighted by atomic mass is 9.74. The van der Waals surface area contributed by atoms with E-state index in [9.17, 15) is 20.0 Å². The van der Waals surface area contributed by atoms with Crippen LogP contribution in [-0.2, 0) is 4.79 Å². The first kappa shape index (κ1) is 15.9. The number of phenols is 1. The van der Waals surface area contributed by atoms with Crippen LogP contribution in [0.1, 0.15) is 27.7 Å². The molecule has 0 spiro atoms. The van der Waals surface area contributed by atoms with Crippen LogP contribution in [-0.4, -0.2) is 21.5 Å². The Kier molecular flexibility index (Phi) is 4.04. The van der Waals surface area contributed by atoms with Crippen molar-refractivity contribution in [2.24, 2.45) is 11.1 Å². The predicted molar refractivity (Wildman–Crippen MR) is 75.4 cm³/mol. The van der Waals surface area contributed by atoms with Gasteiger partial charge in [0.15, 0.2) is 0 Å². The first-order valence-electron chi connectivity index (χ1n) is 6.04. The Hall–Kier alpha value is -2.15. The van der Waals surface area contributed by atoms with Crippen LogP contribution < -0.4 is 11.1 Å². The highest BCUT2D eigenvalue weighted by atomic mass is 16.6. The molecule has 1 rings (SSSR count). The summed E-state index contributed by atoms with van der Waals surface area (Å²) in [5.41, 5.74) is 3.87. The van der Waals surface area contributed by atoms with Crippen molar-refractivity contribution in [1.29, 1.82) is 0 Å². The number of nitro benzene ring substituents is 1. The van der Waals surface area contributed by atoms with Crippen molar-refractivity contribution in [1.82, 2.24) is 0 Å². The van der Waals surface area contributed by atoms with E-state index in [1.807, 2.05) is 0 Å². The number of nitrogens with two attached hydrogens (primary N) is 1. The molecule has 0 radical (unpaired) electrons. The average molecular weight is 281 g/mol. The zero-order chi connectivity index (χ0) is 15.7. The van der Waals surface area contributed by atoms with Crippen LogP contribution in [0.2, 0.25) is 0 Å². The van der Waals surface area contributed by atoms with Gasteiger partial charge in [-0.25, -0.2) is 0 Å². The molecule has 0 fully saturated rings. The predicted octanol–water partition coefficient (Wildman–Crippen LogP) is 2.00. The molecule has 7 heteroatoms. The Morgan fingerprint density at radius 3 is 2.35 bits per heavy atom. The van der Waals surface area contributed by atoms with E-state index < -0.39 is 21.8 Å². The smallest absolute Gasteiger partial charge is 0.296 e. The topological polar surface area (TPSA) is 118 Å². The molecule has 7 nitrogen and oxygen atoms in total. The molecule has 0 unspecified atom stereocenters. The fraction of sp³-hybridized carbons (Fsp3) is 0.462. The van der Waals surface area contributed by atoms with Crippen LogP contribution in [0.15, 0.2) is 18.2 Å². The lowest BCUT2D eigenvalue weighted by molar-refractivity contribution is -0.384. The van der Waals surface area contributed by atoms with Gasteiger partial charge in [0.25, 0.3) is 5.69 Å². The van der Waals surface area contributed by atoms with Gasteiger partial charge in [-0.1, -0.05) is 0 Å². The number of carbonyl (C=O) groups excluding carboxylic acids is 1. The zero-order valence-electron chi connectivity index (χ0n) is 11.9. The molecule has 1 aromatic carbocycles. The molecule has 4 N–H and O–H groups in total. The first-order chi connectivity index (χ1) is 8.96. The minimum Gasteiger partial charge on any atom is -0.508 e. The molecule has 0 bridgehead atoms. The van der Waals surface area contributed by atoms with Crippen molar-refractivity contribution in [2.75, 3.05) is 5.32 Å². The van der Waals surface area contributed by atoms with E-state index in [0.717, 1.165) is 6.07 Å². The van der Waals surface area contributed by atoms with Crippen molar-refractivity contribution in [3.63, 3.8) is 0 Å². The van der Waals surface area contributed by atoms with Gasteiger partial charge in [0, 0.05) is 5.54 Å². The number of carbonyl (C=O) groups is 1. The SMILES string of the molecule is CC(C)(N)C(C)(C)C(=O)Nc1ccc(O)cc1[N+](=O)[O-]. The molecule has 0 heterocycles. The molecule has 1 aromatic rings. The molecule has 0 saturated carbocycles. The standard InChI is InChI=1S/C13H19N3O4/c1-12(2,13(3,4)14)11(18)15-9-6-5-8(17)7-10(9)16(19)20/h5-7,17H,14H2,1-4H3,(H,15,18). The van der Waals surface area contributed by atoms with Crippen LogP contribution >= 0.6 is 0 Å². The summed E-state index contributed by atoms with van der Waals surface area (Å²) < 4.78 is 0. The Balaban J connectivity index is 3.12. The molecule has 0 aliphatic rings. The van der Waals surface area contributed by atoms with E-state index in [1.165, 1.54) is 12.1 Å². The lowest BCUT2D eigenvalue weighted by Crippen LogP contribution is -2.53. The van der Waals surface area contributed by atoms with Crippen molar-refractivity contribution >= 4 is 17.3 Å². The highest BCUT2D eigenvalue weighted by Gasteiger charge is 2.41. The highest BCUT2D eigenvalue weighted by Crippen LogP contribution is 2.33. The number of anilines is 1. The van der Waals surface area contributed by atoms with E-state index in [0.29, 0.717) is 0 Å². The maximum absolute atomic E-state index is 12.3. The van der Waals surface area contributed by atoms with Gasteiger partial charge in [-0.15, -0.1) is 0 Å². The normalized spacial score (nSPS) is 12.1. The largest absolute Gasteiger partial charge is 0.508 e. The third-order valence-electron chi connectivity index (χ3n) is 3.60. The summed E-state index contributed by atoms with van der Waals surface area (Å²) in [4.78, 5) is 22.5. The average Bonchev–Trinajstić information content (AvgIpc) is 2.29. The maximum Gasteiger partial charge on any atom is 0.296 e. The van der Waals surface area contributed by atoms with E-state index in [4.69, 9.17) is 5.73 Å². The summed E-state index contributed by atoms with van der Waals surface area (Å²) in [7, 11) is 0. The number of nitrogens with zero attached hydrogens (tertiary/aromatic N) is 1. The molecule has 0 aromatic heterocycles. The van der Waals surface area contributed by atoms with Crippen LogP contribution in [0.5, 0.6) is 5.75 Å². The Bertz CT molecular complexity index is 547. The third-order valence-corrected chi connectivity index (χ3v) is 3.60. The molecule has 20 heavy (non-hydrogen) atoms. The maximum atomic E-state index is 12.3. The van der Waals surface area contributed by atoms with Gasteiger partial charge in [-0.05, 0) is 39.8 Å². The van der Waals surface area contributed by atoms with Gasteiger partial charge in [0.2, 0.25) is 5.91 Å². The highest BCUT2D eigenvalue weighted by molar-refractivity contribution is 5.97. The minimum atomic E-state index is -0.932. The number of nitrogens with one attached hydrogen (secondary N) is 1. The Morgan fingerprint density at radius 1 is 1.35 bits per heavy atom. The van der Waals surface area contributed by atoms with Crippen molar-refractivity contribution < 1.29 is 14.8 Å². The molecule has 1 amide bonds. The summed E-state index contributed by atoms with van der Waals surface area (Å²) in [6.07, 6.45) is 0. The van der Waals surface area contributed by atoms with E-state index in [1.54, 1.807) is 27.7 Å². The molecule has 110 valence electrons. The minimum absolute atomic E-state index is 0.0233. The van der Waals surface area contributed by atoms with Crippen molar-refractivity contribution in [3.8, 4) is 5.75 Å². The van der Waals surface area contributed by atoms with Gasteiger partial charge >= 0.3 is 0 Å². The summed E-state index contributed by atoms with van der Waals surface area (Å²) in [6, 6.07) is 3.53. The number of rotatable bonds is 4. The molecule has 0 atom stereocenters. The van der Waals surface area contributed by atoms with Crippen LogP contribution in [0, 0.1) is 15.5 Å². The summed E-state index contributed by atoms with van der Waals surface area (Å²) in [5, 5.41) is 22.7. The third kappa shape index (κ3) is 3.05. The van der Waals surface area contributed by atoms with E-state index in [2.05, 4.69) is 5.32 Å². The van der Waals surface area contributed by atoms with Crippen LogP contribution in [0.4, 0.5) is 11.4 Å². The number of benzene rings is 1. The molecular weight excluding hydrogens is 262 g/mol. The van der Waals surface area contributed by atoms with Gasteiger partial charge in [-0.2, -0.15) is 0 Å². The fourth-order valence-corrected chi connectivity index (χ4v) is 1.35. The zero-order valence-corrected chi connectivity index (χ0v) is 11.9. The molecular formula is C13H19N3O4. The molecule has 0 saturated heterocycles. The number of phenolic OH excluding ortho intramolecular Hbond substituents is 1. The lowest BCUT2D eigenvalue weighted by Gasteiger charge is -2.36. The van der Waals surface area contributed by atoms with Crippen molar-refractivity contribution in [2.45, 2.75) is 33.2 Å². The Morgan fingerprint density at radius 2 is 1.90 bits per heavy atom. The van der Waals surface area contributed by atoms with Gasteiger partial charge in [0.05, 0.1) is 16.4 Å². The van der Waals surface area contributed by atoms with Crippen molar-refractivity contribution in [3.05, 3.63) is 28.3 Å². The number of hydrogen-bond donors (Lipinski definition) is 3. The monoisotopic (exact) mass is 281 g/mol. The second-order valence-corrected chi connectivity index (χ2v) is 5.76. The molecule has 0 aliphatic carbocycles. The van der Waals surface area contributed by atoms with Gasteiger partial charge in [-0.3, -0.25) is 14.9 Å². The summed E-state index contributed by atoms with van der Waals surface area (Å²) in [6.45, 7) is 6.73. The second kappa shape index (κ2) is 5.09. The van der Waals surface area contributed by atoms with Gasteiger partial charge in [0.1, 0.15) is 11.4 Å². The first-order valence-corrected chi connectivity index (χ1v) is 6.04. The number of amides is 1. The number of nitro groups is 1. The summed E-state index contributed by atoms with van der Waals surface area (Å²) >= 11 is 0. The van der Waals surface area contributed by atoms with E-state index in [-0.39, 0.29) is 17.1 Å². The van der Waals surface area contributed by atoms with E-state index >= 15 is 0 Å². The molecule has 0 aliphatic heterocycles.